The first kappa shape index (κ1) is 20.4. The van der Waals surface area contributed by atoms with Crippen LogP contribution in [-0.2, 0) is 11.8 Å². The van der Waals surface area contributed by atoms with Crippen LogP contribution < -0.4 is 5.56 Å². The number of hydrogen-bond donors (Lipinski definition) is 0. The Bertz CT molecular complexity index is 986. The highest BCUT2D eigenvalue weighted by molar-refractivity contribution is 5.86. The van der Waals surface area contributed by atoms with Gasteiger partial charge in [-0.1, -0.05) is 24.3 Å². The van der Waals surface area contributed by atoms with Gasteiger partial charge in [0.2, 0.25) is 0 Å². The topological polar surface area (TPSA) is 61.2 Å². The van der Waals surface area contributed by atoms with E-state index in [4.69, 9.17) is 4.74 Å². The summed E-state index contributed by atoms with van der Waals surface area (Å²) < 4.78 is 32.9. The molecule has 0 spiro atoms. The molecule has 0 amide bonds. The van der Waals surface area contributed by atoms with Crippen LogP contribution in [0.15, 0.2) is 65.5 Å². The van der Waals surface area contributed by atoms with Crippen LogP contribution in [0.3, 0.4) is 0 Å². The number of benzene rings is 2. The third-order valence-corrected chi connectivity index (χ3v) is 4.58. The van der Waals surface area contributed by atoms with Gasteiger partial charge in [-0.3, -0.25) is 4.79 Å². The largest absolute Gasteiger partial charge is 0.461 e. The Morgan fingerprint density at radius 3 is 2.03 bits per heavy atom. The third kappa shape index (κ3) is 5.34. The van der Waals surface area contributed by atoms with Crippen molar-refractivity contribution in [3.8, 4) is 0 Å². The van der Waals surface area contributed by atoms with Gasteiger partial charge < -0.3 is 4.74 Å². The van der Waals surface area contributed by atoms with Crippen molar-refractivity contribution < 1.29 is 18.3 Å². The van der Waals surface area contributed by atoms with Gasteiger partial charge in [0, 0.05) is 19.0 Å². The van der Waals surface area contributed by atoms with Gasteiger partial charge in [0.1, 0.15) is 11.6 Å². The van der Waals surface area contributed by atoms with Gasteiger partial charge in [0.05, 0.1) is 6.61 Å². The predicted molar refractivity (Wildman–Crippen MR) is 104 cm³/mol. The molecule has 0 unspecified atom stereocenters. The van der Waals surface area contributed by atoms with Crippen LogP contribution >= 0.6 is 0 Å². The molecule has 0 saturated heterocycles. The molecule has 1 heterocycles. The second kappa shape index (κ2) is 9.23. The molecule has 1 aromatic heterocycles. The second-order valence-corrected chi connectivity index (χ2v) is 6.61. The number of hydrogen-bond acceptors (Lipinski definition) is 4. The van der Waals surface area contributed by atoms with Crippen molar-refractivity contribution in [1.29, 1.82) is 0 Å². The van der Waals surface area contributed by atoms with Crippen molar-refractivity contribution in [2.75, 3.05) is 6.61 Å². The Balaban J connectivity index is 1.64. The first-order valence-corrected chi connectivity index (χ1v) is 9.16. The van der Waals surface area contributed by atoms with Gasteiger partial charge in [-0.25, -0.2) is 18.3 Å². The fraction of sp³-hybridized carbons (Fsp3) is 0.227. The normalized spacial score (nSPS) is 10.9. The van der Waals surface area contributed by atoms with Crippen LogP contribution in [0.4, 0.5) is 8.78 Å². The van der Waals surface area contributed by atoms with E-state index in [1.807, 2.05) is 0 Å². The lowest BCUT2D eigenvalue weighted by Crippen LogP contribution is -2.22. The van der Waals surface area contributed by atoms with Crippen molar-refractivity contribution in [3.63, 3.8) is 0 Å². The standard InChI is InChI=1S/C22H20F2N2O3/c1-26-21(27)13-12-20(25-26)22(28)29-14-2-3-19(15-4-8-17(23)9-5-15)16-6-10-18(24)11-7-16/h4-13,19H,2-3,14H2,1H3. The van der Waals surface area contributed by atoms with Gasteiger partial charge in [-0.15, -0.1) is 0 Å². The van der Waals surface area contributed by atoms with E-state index in [0.717, 1.165) is 15.8 Å². The highest BCUT2D eigenvalue weighted by atomic mass is 19.1. The molecule has 150 valence electrons. The van der Waals surface area contributed by atoms with Crippen LogP contribution in [-0.4, -0.2) is 22.4 Å². The third-order valence-electron chi connectivity index (χ3n) is 4.58. The summed E-state index contributed by atoms with van der Waals surface area (Å²) in [6.07, 6.45) is 1.15. The smallest absolute Gasteiger partial charge is 0.358 e. The summed E-state index contributed by atoms with van der Waals surface area (Å²) in [5, 5.41) is 3.86. The minimum Gasteiger partial charge on any atom is -0.461 e. The van der Waals surface area contributed by atoms with Crippen molar-refractivity contribution in [3.05, 3.63) is 99.5 Å². The van der Waals surface area contributed by atoms with Gasteiger partial charge in [-0.05, 0) is 54.3 Å². The highest BCUT2D eigenvalue weighted by Gasteiger charge is 2.16. The monoisotopic (exact) mass is 398 g/mol. The molecule has 2 aromatic carbocycles. The van der Waals surface area contributed by atoms with Gasteiger partial charge in [0.15, 0.2) is 5.69 Å². The summed E-state index contributed by atoms with van der Waals surface area (Å²) in [6.45, 7) is 0.155. The Labute approximate surface area is 166 Å². The fourth-order valence-corrected chi connectivity index (χ4v) is 3.05. The molecule has 29 heavy (non-hydrogen) atoms. The van der Waals surface area contributed by atoms with Gasteiger partial charge >= 0.3 is 5.97 Å². The van der Waals surface area contributed by atoms with Crippen LogP contribution in [0, 0.1) is 11.6 Å². The minimum atomic E-state index is -0.610. The van der Waals surface area contributed by atoms with E-state index in [1.165, 1.54) is 43.4 Å². The lowest BCUT2D eigenvalue weighted by molar-refractivity contribution is 0.0487. The fourth-order valence-electron chi connectivity index (χ4n) is 3.05. The molecule has 0 atom stereocenters. The molecule has 0 N–H and O–H groups in total. The molecule has 0 radical (unpaired) electrons. The van der Waals surface area contributed by atoms with Crippen molar-refractivity contribution in [2.45, 2.75) is 18.8 Å². The lowest BCUT2D eigenvalue weighted by atomic mass is 9.87. The van der Waals surface area contributed by atoms with E-state index in [2.05, 4.69) is 5.10 Å². The molecule has 7 heteroatoms. The predicted octanol–water partition coefficient (Wildman–Crippen LogP) is 3.83. The highest BCUT2D eigenvalue weighted by Crippen LogP contribution is 2.29. The first-order valence-electron chi connectivity index (χ1n) is 9.16. The number of carbonyl (C=O) groups is 1. The van der Waals surface area contributed by atoms with E-state index < -0.39 is 5.97 Å². The average molecular weight is 398 g/mol. The van der Waals surface area contributed by atoms with E-state index in [-0.39, 0.29) is 35.4 Å². The summed E-state index contributed by atoms with van der Waals surface area (Å²) in [4.78, 5) is 23.4. The lowest BCUT2D eigenvalue weighted by Gasteiger charge is -2.18. The number of carbonyl (C=O) groups excluding carboxylic acids is 1. The Morgan fingerprint density at radius 1 is 0.966 bits per heavy atom. The molecule has 0 saturated carbocycles. The van der Waals surface area contributed by atoms with Crippen LogP contribution in [0.2, 0.25) is 0 Å². The van der Waals surface area contributed by atoms with Crippen molar-refractivity contribution in [1.82, 2.24) is 9.78 Å². The maximum absolute atomic E-state index is 13.3. The van der Waals surface area contributed by atoms with Crippen LogP contribution in [0.1, 0.15) is 40.4 Å². The zero-order chi connectivity index (χ0) is 20.8. The van der Waals surface area contributed by atoms with Crippen LogP contribution in [0.25, 0.3) is 0 Å². The summed E-state index contributed by atoms with van der Waals surface area (Å²) in [5.74, 6) is -1.36. The van der Waals surface area contributed by atoms with E-state index in [1.54, 1.807) is 24.3 Å². The summed E-state index contributed by atoms with van der Waals surface area (Å²) in [6, 6.07) is 14.9. The molecular weight excluding hydrogens is 378 g/mol. The maximum atomic E-state index is 13.3. The summed E-state index contributed by atoms with van der Waals surface area (Å²) >= 11 is 0. The summed E-state index contributed by atoms with van der Waals surface area (Å²) in [7, 11) is 1.45. The van der Waals surface area contributed by atoms with Gasteiger partial charge in [0.25, 0.3) is 5.56 Å². The molecule has 0 fully saturated rings. The Hall–Kier alpha value is -3.35. The number of nitrogens with zero attached hydrogens (tertiary/aromatic N) is 2. The molecule has 0 aliphatic carbocycles. The Kier molecular flexibility index (Phi) is 6.49. The number of ether oxygens (including phenoxy) is 1. The number of aromatic nitrogens is 2. The minimum absolute atomic E-state index is 0.0562. The van der Waals surface area contributed by atoms with E-state index >= 15 is 0 Å². The molecule has 3 aromatic rings. The van der Waals surface area contributed by atoms with Crippen molar-refractivity contribution >= 4 is 5.97 Å². The van der Waals surface area contributed by atoms with E-state index in [0.29, 0.717) is 12.8 Å². The number of halogens is 2. The molecule has 0 aliphatic rings. The van der Waals surface area contributed by atoms with Gasteiger partial charge in [-0.2, -0.15) is 5.10 Å². The first-order chi connectivity index (χ1) is 13.9. The molecule has 5 nitrogen and oxygen atoms in total. The van der Waals surface area contributed by atoms with Crippen LogP contribution in [0.5, 0.6) is 0 Å². The molecule has 0 bridgehead atoms. The number of rotatable bonds is 7. The molecular formula is C22H20F2N2O3. The SMILES string of the molecule is Cn1nc(C(=O)OCCCC(c2ccc(F)cc2)c2ccc(F)cc2)ccc1=O. The van der Waals surface area contributed by atoms with E-state index in [9.17, 15) is 18.4 Å². The quantitative estimate of drug-likeness (QED) is 0.448. The number of aryl methyl sites for hydroxylation is 1. The molecule has 0 aliphatic heterocycles. The molecule has 3 rings (SSSR count). The average Bonchev–Trinajstić information content (AvgIpc) is 2.72. The maximum Gasteiger partial charge on any atom is 0.358 e. The second-order valence-electron chi connectivity index (χ2n) is 6.61. The zero-order valence-electron chi connectivity index (χ0n) is 15.8. The Morgan fingerprint density at radius 2 is 1.52 bits per heavy atom. The number of esters is 1. The van der Waals surface area contributed by atoms with Crippen molar-refractivity contribution in [2.24, 2.45) is 7.05 Å². The zero-order valence-corrected chi connectivity index (χ0v) is 15.8. The summed E-state index contributed by atoms with van der Waals surface area (Å²) in [5.41, 5.74) is 1.52.